The summed E-state index contributed by atoms with van der Waals surface area (Å²) >= 11 is 11.7. The van der Waals surface area contributed by atoms with E-state index in [1.807, 2.05) is 0 Å². The van der Waals surface area contributed by atoms with Crippen molar-refractivity contribution in [1.29, 1.82) is 0 Å². The Labute approximate surface area is 108 Å². The van der Waals surface area contributed by atoms with Gasteiger partial charge in [-0.3, -0.25) is 4.79 Å². The number of hydrogen-bond donors (Lipinski definition) is 0. The molecule has 0 saturated heterocycles. The van der Waals surface area contributed by atoms with Gasteiger partial charge >= 0.3 is 0 Å². The first-order valence-electron chi connectivity index (χ1n) is 4.82. The van der Waals surface area contributed by atoms with Crippen molar-refractivity contribution < 1.29 is 9.18 Å². The number of rotatable bonds is 2. The molecular formula is C13H7Cl2FO. The molecule has 0 aliphatic carbocycles. The zero-order chi connectivity index (χ0) is 12.4. The van der Waals surface area contributed by atoms with Crippen molar-refractivity contribution in [2.24, 2.45) is 0 Å². The van der Waals surface area contributed by atoms with Crippen LogP contribution in [0.2, 0.25) is 10.0 Å². The van der Waals surface area contributed by atoms with Gasteiger partial charge in [0.15, 0.2) is 6.29 Å². The van der Waals surface area contributed by atoms with E-state index in [1.54, 1.807) is 24.3 Å². The molecule has 0 N–H and O–H groups in total. The van der Waals surface area contributed by atoms with Gasteiger partial charge in [0.2, 0.25) is 0 Å². The molecule has 0 saturated carbocycles. The van der Waals surface area contributed by atoms with Crippen LogP contribution in [0.15, 0.2) is 36.4 Å². The topological polar surface area (TPSA) is 17.1 Å². The van der Waals surface area contributed by atoms with E-state index in [9.17, 15) is 9.18 Å². The predicted octanol–water partition coefficient (Wildman–Crippen LogP) is 4.61. The van der Waals surface area contributed by atoms with Crippen LogP contribution in [0.25, 0.3) is 11.1 Å². The van der Waals surface area contributed by atoms with E-state index >= 15 is 0 Å². The standard InChI is InChI=1S/C13H7Cl2FO/c14-11-4-3-8(5-12(11)15)9-1-2-10(7-17)13(16)6-9/h1-7H. The highest BCUT2D eigenvalue weighted by atomic mass is 35.5. The molecule has 0 aromatic heterocycles. The smallest absolute Gasteiger partial charge is 0.152 e. The summed E-state index contributed by atoms with van der Waals surface area (Å²) in [5.74, 6) is -0.552. The van der Waals surface area contributed by atoms with E-state index in [1.165, 1.54) is 12.1 Å². The zero-order valence-corrected chi connectivity index (χ0v) is 10.1. The molecule has 0 atom stereocenters. The van der Waals surface area contributed by atoms with Crippen molar-refractivity contribution in [1.82, 2.24) is 0 Å². The van der Waals surface area contributed by atoms with Gasteiger partial charge in [-0.1, -0.05) is 35.3 Å². The highest BCUT2D eigenvalue weighted by Gasteiger charge is 2.06. The minimum Gasteiger partial charge on any atom is -0.298 e. The van der Waals surface area contributed by atoms with E-state index in [-0.39, 0.29) is 5.56 Å². The van der Waals surface area contributed by atoms with Gasteiger partial charge in [-0.25, -0.2) is 4.39 Å². The van der Waals surface area contributed by atoms with Gasteiger partial charge < -0.3 is 0 Å². The molecule has 2 rings (SSSR count). The summed E-state index contributed by atoms with van der Waals surface area (Å²) in [4.78, 5) is 10.5. The van der Waals surface area contributed by atoms with Crippen LogP contribution in [0, 0.1) is 5.82 Å². The Morgan fingerprint density at radius 1 is 0.941 bits per heavy atom. The lowest BCUT2D eigenvalue weighted by Gasteiger charge is -2.04. The largest absolute Gasteiger partial charge is 0.298 e. The van der Waals surface area contributed by atoms with Crippen molar-refractivity contribution >= 4 is 29.5 Å². The number of aldehydes is 1. The summed E-state index contributed by atoms with van der Waals surface area (Å²) < 4.78 is 13.4. The summed E-state index contributed by atoms with van der Waals surface area (Å²) in [7, 11) is 0. The van der Waals surface area contributed by atoms with Gasteiger partial charge in [0.25, 0.3) is 0 Å². The number of carbonyl (C=O) groups is 1. The zero-order valence-electron chi connectivity index (χ0n) is 8.58. The number of carbonyl (C=O) groups excluding carboxylic acids is 1. The van der Waals surface area contributed by atoms with Gasteiger partial charge in [-0.05, 0) is 35.4 Å². The summed E-state index contributed by atoms with van der Waals surface area (Å²) in [6, 6.07) is 9.42. The number of benzene rings is 2. The molecule has 0 aliphatic rings. The Kier molecular flexibility index (Phi) is 3.46. The minimum absolute atomic E-state index is 0.0359. The fourth-order valence-electron chi connectivity index (χ4n) is 1.48. The molecule has 0 amide bonds. The van der Waals surface area contributed by atoms with Crippen molar-refractivity contribution in [2.45, 2.75) is 0 Å². The Morgan fingerprint density at radius 3 is 2.18 bits per heavy atom. The Hall–Kier alpha value is -1.38. The molecule has 1 nitrogen and oxygen atoms in total. The molecule has 2 aromatic rings. The predicted molar refractivity (Wildman–Crippen MR) is 67.2 cm³/mol. The molecule has 4 heteroatoms. The molecule has 0 heterocycles. The van der Waals surface area contributed by atoms with Gasteiger partial charge in [0.1, 0.15) is 5.82 Å². The maximum Gasteiger partial charge on any atom is 0.152 e. The molecular weight excluding hydrogens is 262 g/mol. The molecule has 0 unspecified atom stereocenters. The normalized spacial score (nSPS) is 10.3. The van der Waals surface area contributed by atoms with Gasteiger partial charge in [-0.2, -0.15) is 0 Å². The number of hydrogen-bond acceptors (Lipinski definition) is 1. The fourth-order valence-corrected chi connectivity index (χ4v) is 1.78. The lowest BCUT2D eigenvalue weighted by Crippen LogP contribution is -1.88. The van der Waals surface area contributed by atoms with E-state index in [0.717, 1.165) is 5.56 Å². The molecule has 0 aliphatic heterocycles. The first-order valence-corrected chi connectivity index (χ1v) is 5.57. The van der Waals surface area contributed by atoms with Gasteiger partial charge in [-0.15, -0.1) is 0 Å². The molecule has 0 spiro atoms. The first kappa shape index (κ1) is 12.1. The van der Waals surface area contributed by atoms with Crippen molar-refractivity contribution in [3.05, 3.63) is 57.8 Å². The quantitative estimate of drug-likeness (QED) is 0.727. The highest BCUT2D eigenvalue weighted by molar-refractivity contribution is 6.42. The second-order valence-corrected chi connectivity index (χ2v) is 4.30. The highest BCUT2D eigenvalue weighted by Crippen LogP contribution is 2.29. The summed E-state index contributed by atoms with van der Waals surface area (Å²) in [5.41, 5.74) is 1.43. The maximum atomic E-state index is 13.4. The first-order chi connectivity index (χ1) is 8.11. The lowest BCUT2D eigenvalue weighted by atomic mass is 10.0. The van der Waals surface area contributed by atoms with Crippen molar-refractivity contribution in [3.63, 3.8) is 0 Å². The summed E-state index contributed by atoms with van der Waals surface area (Å²) in [6.07, 6.45) is 0.480. The SMILES string of the molecule is O=Cc1ccc(-c2ccc(Cl)c(Cl)c2)cc1F. The molecule has 0 fully saturated rings. The Balaban J connectivity index is 2.49. The molecule has 86 valence electrons. The third-order valence-electron chi connectivity index (χ3n) is 2.38. The van der Waals surface area contributed by atoms with E-state index < -0.39 is 5.82 Å². The van der Waals surface area contributed by atoms with Crippen LogP contribution in [0.3, 0.4) is 0 Å². The second kappa shape index (κ2) is 4.86. The maximum absolute atomic E-state index is 13.4. The average molecular weight is 269 g/mol. The molecule has 0 bridgehead atoms. The third-order valence-corrected chi connectivity index (χ3v) is 3.12. The molecule has 2 aromatic carbocycles. The van der Waals surface area contributed by atoms with Crippen LogP contribution in [-0.4, -0.2) is 6.29 Å². The molecule has 0 radical (unpaired) electrons. The third kappa shape index (κ3) is 2.48. The lowest BCUT2D eigenvalue weighted by molar-refractivity contribution is 0.112. The van der Waals surface area contributed by atoms with E-state index in [2.05, 4.69) is 0 Å². The average Bonchev–Trinajstić information content (AvgIpc) is 2.32. The van der Waals surface area contributed by atoms with Crippen LogP contribution in [0.4, 0.5) is 4.39 Å². The van der Waals surface area contributed by atoms with Gasteiger partial charge in [0.05, 0.1) is 15.6 Å². The van der Waals surface area contributed by atoms with Crippen molar-refractivity contribution in [2.75, 3.05) is 0 Å². The van der Waals surface area contributed by atoms with Gasteiger partial charge in [0, 0.05) is 0 Å². The van der Waals surface area contributed by atoms with Crippen LogP contribution in [-0.2, 0) is 0 Å². The minimum atomic E-state index is -0.552. The second-order valence-electron chi connectivity index (χ2n) is 3.48. The fraction of sp³-hybridized carbons (Fsp3) is 0. The Bertz CT molecular complexity index is 582. The molecule has 17 heavy (non-hydrogen) atoms. The van der Waals surface area contributed by atoms with E-state index in [0.29, 0.717) is 21.9 Å². The Morgan fingerprint density at radius 2 is 1.59 bits per heavy atom. The van der Waals surface area contributed by atoms with E-state index in [4.69, 9.17) is 23.2 Å². The van der Waals surface area contributed by atoms with Crippen LogP contribution >= 0.6 is 23.2 Å². The van der Waals surface area contributed by atoms with Crippen LogP contribution in [0.1, 0.15) is 10.4 Å². The number of halogens is 3. The van der Waals surface area contributed by atoms with Crippen molar-refractivity contribution in [3.8, 4) is 11.1 Å². The monoisotopic (exact) mass is 268 g/mol. The summed E-state index contributed by atoms with van der Waals surface area (Å²) in [6.45, 7) is 0. The summed E-state index contributed by atoms with van der Waals surface area (Å²) in [5, 5.41) is 0.851. The van der Waals surface area contributed by atoms with Crippen LogP contribution in [0.5, 0.6) is 0 Å². The van der Waals surface area contributed by atoms with Crippen LogP contribution < -0.4 is 0 Å².